The summed E-state index contributed by atoms with van der Waals surface area (Å²) in [5.74, 6) is 0.718. The second-order valence-corrected chi connectivity index (χ2v) is 8.58. The SMILES string of the molecule is CC(C)(C)OC(=O)N1CCC(Nc2cccc(-c3cnc4cc(OC(F)F)ccn34)n2)C1. The molecule has 10 heteroatoms. The van der Waals surface area contributed by atoms with E-state index in [0.717, 1.165) is 6.42 Å². The van der Waals surface area contributed by atoms with E-state index < -0.39 is 12.2 Å². The van der Waals surface area contributed by atoms with E-state index in [2.05, 4.69) is 20.0 Å². The summed E-state index contributed by atoms with van der Waals surface area (Å²) in [5.41, 5.74) is 1.34. The number of halogens is 2. The van der Waals surface area contributed by atoms with Crippen molar-refractivity contribution in [3.8, 4) is 17.1 Å². The van der Waals surface area contributed by atoms with Gasteiger partial charge in [-0.05, 0) is 45.4 Å². The molecule has 1 atom stereocenters. The molecule has 0 bridgehead atoms. The van der Waals surface area contributed by atoms with Crippen molar-refractivity contribution < 1.29 is 23.0 Å². The van der Waals surface area contributed by atoms with Crippen molar-refractivity contribution >= 4 is 17.6 Å². The fourth-order valence-electron chi connectivity index (χ4n) is 3.56. The van der Waals surface area contributed by atoms with Crippen LogP contribution in [0.15, 0.2) is 42.7 Å². The van der Waals surface area contributed by atoms with Crippen molar-refractivity contribution in [1.82, 2.24) is 19.3 Å². The number of aromatic nitrogens is 3. The third-order valence-corrected chi connectivity index (χ3v) is 4.91. The lowest BCUT2D eigenvalue weighted by molar-refractivity contribution is -0.0498. The molecule has 1 amide bonds. The largest absolute Gasteiger partial charge is 0.444 e. The Balaban J connectivity index is 1.46. The lowest BCUT2D eigenvalue weighted by atomic mass is 10.2. The fraction of sp³-hybridized carbons (Fsp3) is 0.409. The van der Waals surface area contributed by atoms with Gasteiger partial charge in [-0.2, -0.15) is 8.78 Å². The van der Waals surface area contributed by atoms with Crippen LogP contribution in [-0.4, -0.2) is 56.7 Å². The number of anilines is 1. The van der Waals surface area contributed by atoms with E-state index in [1.165, 1.54) is 12.1 Å². The highest BCUT2D eigenvalue weighted by Crippen LogP contribution is 2.25. The topological polar surface area (TPSA) is 81.0 Å². The third-order valence-electron chi connectivity index (χ3n) is 4.91. The van der Waals surface area contributed by atoms with Crippen molar-refractivity contribution in [3.05, 3.63) is 42.7 Å². The summed E-state index contributed by atoms with van der Waals surface area (Å²) < 4.78 is 36.5. The average Bonchev–Trinajstić information content (AvgIpc) is 3.33. The first-order valence-electron chi connectivity index (χ1n) is 10.3. The monoisotopic (exact) mass is 445 g/mol. The molecule has 0 aromatic carbocycles. The fourth-order valence-corrected chi connectivity index (χ4v) is 3.56. The number of imidazole rings is 1. The predicted octanol–water partition coefficient (Wildman–Crippen LogP) is 4.42. The van der Waals surface area contributed by atoms with Gasteiger partial charge in [0.2, 0.25) is 0 Å². The van der Waals surface area contributed by atoms with Gasteiger partial charge in [0.05, 0.1) is 17.6 Å². The van der Waals surface area contributed by atoms with Crippen molar-refractivity contribution in [2.24, 2.45) is 0 Å². The molecule has 1 N–H and O–H groups in total. The van der Waals surface area contributed by atoms with Gasteiger partial charge in [0.15, 0.2) is 0 Å². The molecular formula is C22H25F2N5O3. The van der Waals surface area contributed by atoms with Crippen molar-refractivity contribution in [2.75, 3.05) is 18.4 Å². The minimum atomic E-state index is -2.89. The van der Waals surface area contributed by atoms with E-state index in [1.54, 1.807) is 21.7 Å². The molecule has 0 aliphatic carbocycles. The van der Waals surface area contributed by atoms with Gasteiger partial charge in [0.25, 0.3) is 0 Å². The zero-order valence-corrected chi connectivity index (χ0v) is 18.1. The highest BCUT2D eigenvalue weighted by Gasteiger charge is 2.30. The molecule has 3 aromatic rings. The molecule has 8 nitrogen and oxygen atoms in total. The molecule has 3 aromatic heterocycles. The molecule has 1 saturated heterocycles. The first-order chi connectivity index (χ1) is 15.2. The number of amides is 1. The third kappa shape index (κ3) is 5.06. The Hall–Kier alpha value is -3.43. The first kappa shape index (κ1) is 21.8. The first-order valence-corrected chi connectivity index (χ1v) is 10.3. The lowest BCUT2D eigenvalue weighted by Crippen LogP contribution is -2.36. The van der Waals surface area contributed by atoms with Crippen LogP contribution in [0.2, 0.25) is 0 Å². The number of likely N-dealkylation sites (tertiary alicyclic amines) is 1. The summed E-state index contributed by atoms with van der Waals surface area (Å²) in [5, 5.41) is 3.38. The maximum Gasteiger partial charge on any atom is 0.410 e. The van der Waals surface area contributed by atoms with Gasteiger partial charge in [0, 0.05) is 31.4 Å². The van der Waals surface area contributed by atoms with Crippen LogP contribution >= 0.6 is 0 Å². The number of nitrogens with zero attached hydrogens (tertiary/aromatic N) is 4. The van der Waals surface area contributed by atoms with Crippen LogP contribution in [-0.2, 0) is 4.74 Å². The Bertz CT molecular complexity index is 1110. The zero-order chi connectivity index (χ0) is 22.9. The van der Waals surface area contributed by atoms with E-state index in [4.69, 9.17) is 4.74 Å². The smallest absolute Gasteiger partial charge is 0.410 e. The summed E-state index contributed by atoms with van der Waals surface area (Å²) >= 11 is 0. The number of rotatable bonds is 5. The number of alkyl halides is 2. The minimum absolute atomic E-state index is 0.0452. The van der Waals surface area contributed by atoms with Gasteiger partial charge in [0.1, 0.15) is 22.8 Å². The van der Waals surface area contributed by atoms with Crippen LogP contribution < -0.4 is 10.1 Å². The summed E-state index contributed by atoms with van der Waals surface area (Å²) in [7, 11) is 0. The van der Waals surface area contributed by atoms with Crippen molar-refractivity contribution in [3.63, 3.8) is 0 Å². The van der Waals surface area contributed by atoms with Crippen LogP contribution in [0.25, 0.3) is 17.0 Å². The Morgan fingerprint density at radius 2 is 2.09 bits per heavy atom. The van der Waals surface area contributed by atoms with Gasteiger partial charge >= 0.3 is 12.7 Å². The number of hydrogen-bond acceptors (Lipinski definition) is 6. The number of carbonyl (C=O) groups is 1. The van der Waals surface area contributed by atoms with Crippen molar-refractivity contribution in [2.45, 2.75) is 45.4 Å². The Kier molecular flexibility index (Phi) is 5.86. The molecule has 32 heavy (non-hydrogen) atoms. The maximum atomic E-state index is 12.4. The van der Waals surface area contributed by atoms with E-state index in [0.29, 0.717) is 35.9 Å². The average molecular weight is 445 g/mol. The molecule has 0 saturated carbocycles. The lowest BCUT2D eigenvalue weighted by Gasteiger charge is -2.24. The number of ether oxygens (including phenoxy) is 2. The van der Waals surface area contributed by atoms with Gasteiger partial charge in [-0.25, -0.2) is 14.8 Å². The molecule has 1 aliphatic heterocycles. The molecule has 0 spiro atoms. The molecule has 1 aliphatic rings. The summed E-state index contributed by atoms with van der Waals surface area (Å²) in [6.07, 6.45) is 3.72. The normalized spacial score (nSPS) is 16.6. The number of nitrogens with one attached hydrogen (secondary N) is 1. The summed E-state index contributed by atoms with van der Waals surface area (Å²) in [6, 6.07) is 8.54. The second kappa shape index (κ2) is 8.60. The quantitative estimate of drug-likeness (QED) is 0.626. The van der Waals surface area contributed by atoms with E-state index in [9.17, 15) is 13.6 Å². The second-order valence-electron chi connectivity index (χ2n) is 8.58. The van der Waals surface area contributed by atoms with Gasteiger partial charge < -0.3 is 19.7 Å². The zero-order valence-electron chi connectivity index (χ0n) is 18.1. The van der Waals surface area contributed by atoms with Crippen LogP contribution in [0.4, 0.5) is 19.4 Å². The Morgan fingerprint density at radius 1 is 1.28 bits per heavy atom. The van der Waals surface area contributed by atoms with Crippen LogP contribution in [0, 0.1) is 0 Å². The molecule has 1 unspecified atom stereocenters. The van der Waals surface area contributed by atoms with Crippen LogP contribution in [0.1, 0.15) is 27.2 Å². The molecule has 170 valence electrons. The standard InChI is InChI=1S/C22H25F2N5O3/c1-22(2,3)32-21(30)28-9-7-14(13-28)26-18-6-4-5-16(27-18)17-12-25-19-11-15(31-20(23)24)8-10-29(17)19/h4-6,8,10-12,14,20H,7,9,13H2,1-3H3,(H,26,27). The van der Waals surface area contributed by atoms with Gasteiger partial charge in [-0.3, -0.25) is 4.40 Å². The number of carbonyl (C=O) groups excluding carboxylic acids is 1. The summed E-state index contributed by atoms with van der Waals surface area (Å²) in [6.45, 7) is 3.79. The predicted molar refractivity (Wildman–Crippen MR) is 115 cm³/mol. The maximum absolute atomic E-state index is 12.4. The van der Waals surface area contributed by atoms with Crippen molar-refractivity contribution in [1.29, 1.82) is 0 Å². The molecule has 0 radical (unpaired) electrons. The number of fused-ring (bicyclic) bond motifs is 1. The highest BCUT2D eigenvalue weighted by atomic mass is 19.3. The van der Waals surface area contributed by atoms with E-state index in [-0.39, 0.29) is 17.9 Å². The molecule has 4 rings (SSSR count). The van der Waals surface area contributed by atoms with Gasteiger partial charge in [-0.15, -0.1) is 0 Å². The van der Waals surface area contributed by atoms with E-state index >= 15 is 0 Å². The summed E-state index contributed by atoms with van der Waals surface area (Å²) in [4.78, 5) is 22.9. The van der Waals surface area contributed by atoms with Crippen LogP contribution in [0.5, 0.6) is 5.75 Å². The Morgan fingerprint density at radius 3 is 2.84 bits per heavy atom. The molecule has 4 heterocycles. The number of hydrogen-bond donors (Lipinski definition) is 1. The molecular weight excluding hydrogens is 420 g/mol. The highest BCUT2D eigenvalue weighted by molar-refractivity contribution is 5.69. The van der Waals surface area contributed by atoms with Gasteiger partial charge in [-0.1, -0.05) is 6.07 Å². The minimum Gasteiger partial charge on any atom is -0.444 e. The number of pyridine rings is 2. The van der Waals surface area contributed by atoms with Crippen LogP contribution in [0.3, 0.4) is 0 Å². The van der Waals surface area contributed by atoms with E-state index in [1.807, 2.05) is 39.0 Å². The molecule has 1 fully saturated rings. The Labute approximate surface area is 184 Å².